The number of carbonyl (C=O) groups excluding carboxylic acids is 2. The molecule has 0 aromatic rings. The zero-order chi connectivity index (χ0) is 51.0. The highest BCUT2D eigenvalue weighted by molar-refractivity contribution is 5.70. The number of aliphatic hydroxyl groups excluding tert-OH is 7. The van der Waals surface area contributed by atoms with Gasteiger partial charge in [0, 0.05) is 12.8 Å². The molecule has 2 rings (SSSR count). The number of rotatable bonds is 42. The van der Waals surface area contributed by atoms with Crippen molar-refractivity contribution in [1.82, 2.24) is 0 Å². The third-order valence-corrected chi connectivity index (χ3v) is 12.8. The Morgan fingerprint density at radius 1 is 0.471 bits per heavy atom. The first-order valence-electron chi connectivity index (χ1n) is 27.2. The molecule has 406 valence electrons. The molecule has 0 aliphatic carbocycles. The average molecular weight is 997 g/mol. The second-order valence-corrected chi connectivity index (χ2v) is 19.0. The average Bonchev–Trinajstić information content (AvgIpc) is 3.35. The minimum Gasteiger partial charge on any atom is -0.462 e. The topological polar surface area (TPSA) is 231 Å². The van der Waals surface area contributed by atoms with E-state index < -0.39 is 99.3 Å². The molecule has 70 heavy (non-hydrogen) atoms. The van der Waals surface area contributed by atoms with Gasteiger partial charge in [0.1, 0.15) is 55.4 Å². The van der Waals surface area contributed by atoms with Crippen LogP contribution in [-0.4, -0.2) is 142 Å². The lowest BCUT2D eigenvalue weighted by molar-refractivity contribution is -0.332. The normalized spacial score (nSPS) is 25.7. The summed E-state index contributed by atoms with van der Waals surface area (Å²) in [6.45, 7) is 2.45. The minimum atomic E-state index is -1.77. The van der Waals surface area contributed by atoms with Gasteiger partial charge in [-0.1, -0.05) is 178 Å². The summed E-state index contributed by atoms with van der Waals surface area (Å²) in [6, 6.07) is 0. The molecule has 2 saturated heterocycles. The fourth-order valence-electron chi connectivity index (χ4n) is 8.38. The molecule has 0 radical (unpaired) electrons. The zero-order valence-electron chi connectivity index (χ0n) is 43.0. The third-order valence-electron chi connectivity index (χ3n) is 12.8. The van der Waals surface area contributed by atoms with Crippen molar-refractivity contribution in [3.8, 4) is 0 Å². The molecule has 0 saturated carbocycles. The van der Waals surface area contributed by atoms with Crippen molar-refractivity contribution in [3.05, 3.63) is 48.6 Å². The molecular formula is C55H96O15. The number of hydrogen-bond acceptors (Lipinski definition) is 15. The number of aliphatic hydroxyl groups is 7. The van der Waals surface area contributed by atoms with Gasteiger partial charge in [0.2, 0.25) is 0 Å². The van der Waals surface area contributed by atoms with Crippen LogP contribution in [0.25, 0.3) is 0 Å². The Balaban J connectivity index is 1.79. The van der Waals surface area contributed by atoms with E-state index in [0.29, 0.717) is 12.8 Å². The monoisotopic (exact) mass is 997 g/mol. The van der Waals surface area contributed by atoms with Gasteiger partial charge in [0.25, 0.3) is 0 Å². The zero-order valence-corrected chi connectivity index (χ0v) is 43.0. The summed E-state index contributed by atoms with van der Waals surface area (Å²) in [5, 5.41) is 72.2. The molecule has 4 unspecified atom stereocenters. The van der Waals surface area contributed by atoms with Crippen molar-refractivity contribution >= 4 is 11.9 Å². The van der Waals surface area contributed by atoms with Gasteiger partial charge in [-0.15, -0.1) is 0 Å². The van der Waals surface area contributed by atoms with Crippen LogP contribution >= 0.6 is 0 Å². The van der Waals surface area contributed by atoms with Gasteiger partial charge in [0.05, 0.1) is 19.8 Å². The molecule has 2 fully saturated rings. The first-order chi connectivity index (χ1) is 34.0. The van der Waals surface area contributed by atoms with Crippen LogP contribution in [0.15, 0.2) is 48.6 Å². The van der Waals surface area contributed by atoms with Gasteiger partial charge in [0.15, 0.2) is 18.7 Å². The van der Waals surface area contributed by atoms with Crippen LogP contribution in [0.2, 0.25) is 0 Å². The van der Waals surface area contributed by atoms with E-state index in [2.05, 4.69) is 62.5 Å². The molecule has 11 atom stereocenters. The quantitative estimate of drug-likeness (QED) is 0.0173. The first-order valence-corrected chi connectivity index (χ1v) is 27.2. The first kappa shape index (κ1) is 63.6. The molecule has 15 nitrogen and oxygen atoms in total. The molecule has 0 amide bonds. The molecule has 2 aliphatic heterocycles. The number of carbonyl (C=O) groups is 2. The molecule has 0 spiro atoms. The Kier molecular flexibility index (Phi) is 38.0. The molecule has 7 N–H and O–H groups in total. The van der Waals surface area contributed by atoms with Gasteiger partial charge in [-0.2, -0.15) is 0 Å². The molecule has 2 aliphatic rings. The van der Waals surface area contributed by atoms with E-state index in [9.17, 15) is 45.3 Å². The van der Waals surface area contributed by atoms with Crippen LogP contribution in [0.3, 0.4) is 0 Å². The molecule has 2 heterocycles. The highest BCUT2D eigenvalue weighted by Gasteiger charge is 2.47. The van der Waals surface area contributed by atoms with Crippen LogP contribution < -0.4 is 0 Å². The van der Waals surface area contributed by atoms with Crippen LogP contribution in [0, 0.1) is 0 Å². The van der Waals surface area contributed by atoms with Crippen molar-refractivity contribution in [2.24, 2.45) is 0 Å². The Bertz CT molecular complexity index is 1400. The Labute approximate surface area is 420 Å². The van der Waals surface area contributed by atoms with E-state index in [4.69, 9.17) is 28.4 Å². The fourth-order valence-corrected chi connectivity index (χ4v) is 8.38. The number of ether oxygens (including phenoxy) is 6. The van der Waals surface area contributed by atoms with Crippen molar-refractivity contribution in [3.63, 3.8) is 0 Å². The molecule has 0 bridgehead atoms. The summed E-state index contributed by atoms with van der Waals surface area (Å²) >= 11 is 0. The molecule has 0 aromatic carbocycles. The van der Waals surface area contributed by atoms with Gasteiger partial charge in [-0.05, 0) is 51.4 Å². The lowest BCUT2D eigenvalue weighted by Crippen LogP contribution is -2.61. The smallest absolute Gasteiger partial charge is 0.306 e. The van der Waals surface area contributed by atoms with Crippen molar-refractivity contribution in [2.75, 3.05) is 26.4 Å². The van der Waals surface area contributed by atoms with E-state index in [0.717, 1.165) is 57.8 Å². The Hall–Kier alpha value is -2.54. The lowest BCUT2D eigenvalue weighted by atomic mass is 9.98. The fraction of sp³-hybridized carbons (Fsp3) is 0.818. The third kappa shape index (κ3) is 29.2. The van der Waals surface area contributed by atoms with Crippen LogP contribution in [0.5, 0.6) is 0 Å². The maximum Gasteiger partial charge on any atom is 0.306 e. The summed E-state index contributed by atoms with van der Waals surface area (Å²) in [5.41, 5.74) is 0. The summed E-state index contributed by atoms with van der Waals surface area (Å²) in [5.74, 6) is -0.969. The van der Waals surface area contributed by atoms with E-state index >= 15 is 0 Å². The van der Waals surface area contributed by atoms with Crippen molar-refractivity contribution in [1.29, 1.82) is 0 Å². The number of unbranched alkanes of at least 4 members (excludes halogenated alkanes) is 20. The van der Waals surface area contributed by atoms with Crippen LogP contribution in [0.1, 0.15) is 194 Å². The number of hydrogen-bond donors (Lipinski definition) is 7. The highest BCUT2D eigenvalue weighted by Crippen LogP contribution is 2.26. The van der Waals surface area contributed by atoms with Gasteiger partial charge in [-0.25, -0.2) is 0 Å². The Morgan fingerprint density at radius 2 is 0.900 bits per heavy atom. The second kappa shape index (κ2) is 41.9. The maximum absolute atomic E-state index is 13.0. The van der Waals surface area contributed by atoms with E-state index in [-0.39, 0.29) is 19.4 Å². The molecule has 15 heteroatoms. The van der Waals surface area contributed by atoms with Crippen molar-refractivity contribution < 1.29 is 73.8 Å². The summed E-state index contributed by atoms with van der Waals surface area (Å²) < 4.78 is 33.6. The SMILES string of the molecule is CC/C=C/C/C=C/C/C=C/C/C=C/CCCCC(=O)OC[C@H](CO[C@H]1O[C@@H](CO[C@H]2O[C@@H](CO)[C@@H](O)C(O)C2O)[C@@H](O)C(O)C1O)OC(=O)CCCCCCCCCCCCCCCCCCCCC. The van der Waals surface area contributed by atoms with Gasteiger partial charge >= 0.3 is 11.9 Å². The molecular weight excluding hydrogens is 901 g/mol. The van der Waals surface area contributed by atoms with Crippen LogP contribution in [0.4, 0.5) is 0 Å². The van der Waals surface area contributed by atoms with Crippen molar-refractivity contribution in [2.45, 2.75) is 261 Å². The van der Waals surface area contributed by atoms with Gasteiger partial charge in [-0.3, -0.25) is 9.59 Å². The maximum atomic E-state index is 13.0. The summed E-state index contributed by atoms with van der Waals surface area (Å²) in [7, 11) is 0. The van der Waals surface area contributed by atoms with Gasteiger partial charge < -0.3 is 64.2 Å². The number of esters is 2. The molecule has 0 aromatic heterocycles. The predicted molar refractivity (Wildman–Crippen MR) is 270 cm³/mol. The summed E-state index contributed by atoms with van der Waals surface area (Å²) in [4.78, 5) is 25.8. The van der Waals surface area contributed by atoms with E-state index in [1.54, 1.807) is 0 Å². The lowest BCUT2D eigenvalue weighted by Gasteiger charge is -2.42. The Morgan fingerprint density at radius 3 is 1.41 bits per heavy atom. The van der Waals surface area contributed by atoms with E-state index in [1.165, 1.54) is 96.3 Å². The van der Waals surface area contributed by atoms with Crippen LogP contribution in [-0.2, 0) is 38.0 Å². The summed E-state index contributed by atoms with van der Waals surface area (Å²) in [6.07, 6.45) is 30.0. The highest BCUT2D eigenvalue weighted by atomic mass is 16.7. The standard InChI is InChI=1S/C55H96O15/c1-3-5-7-9-11-13-15-17-19-20-21-22-24-26-28-30-32-34-36-38-47(58)68-43(40-65-46(57)37-35-33-31-29-27-25-23-18-16-14-12-10-8-6-4-2)41-66-54-53(64)51(62)49(60)45(70-54)42-67-55-52(63)50(61)48(59)44(39-56)69-55/h6,8,12,14,18,23,27,29,43-45,48-56,59-64H,3-5,7,9-11,13,15-17,19-22,24-26,28,30-42H2,1-2H3/b8-6+,14-12+,23-18+,29-27+/t43-,44+,45+,48-,49-,50?,51?,52?,53?,54+,55+/m1/s1. The minimum absolute atomic E-state index is 0.158. The second-order valence-electron chi connectivity index (χ2n) is 19.0. The van der Waals surface area contributed by atoms with E-state index in [1.807, 2.05) is 0 Å². The number of allylic oxidation sites excluding steroid dienone is 8. The largest absolute Gasteiger partial charge is 0.462 e. The predicted octanol–water partition coefficient (Wildman–Crippen LogP) is 8.27.